The summed E-state index contributed by atoms with van der Waals surface area (Å²) >= 11 is 7.63. The number of hydrogen-bond donors (Lipinski definition) is 0. The van der Waals surface area contributed by atoms with E-state index in [1.807, 2.05) is 23.1 Å². The summed E-state index contributed by atoms with van der Waals surface area (Å²) in [5, 5.41) is 0.749. The van der Waals surface area contributed by atoms with Gasteiger partial charge in [0.2, 0.25) is 5.91 Å². The first-order chi connectivity index (χ1) is 8.75. The van der Waals surface area contributed by atoms with E-state index in [0.29, 0.717) is 11.8 Å². The van der Waals surface area contributed by atoms with Gasteiger partial charge in [-0.3, -0.25) is 4.79 Å². The first kappa shape index (κ1) is 12.4. The molecule has 3 rings (SSSR count). The van der Waals surface area contributed by atoms with Crippen LogP contribution in [0.4, 0.5) is 5.69 Å². The minimum Gasteiger partial charge on any atom is -0.308 e. The largest absolute Gasteiger partial charge is 0.308 e. The van der Waals surface area contributed by atoms with E-state index in [1.165, 1.54) is 19.3 Å². The lowest BCUT2D eigenvalue weighted by molar-refractivity contribution is -0.116. The Kier molecular flexibility index (Phi) is 3.53. The molecule has 2 aliphatic rings. The normalized spacial score (nSPS) is 20.9. The van der Waals surface area contributed by atoms with Gasteiger partial charge in [-0.05, 0) is 31.0 Å². The van der Waals surface area contributed by atoms with Crippen molar-refractivity contribution < 1.29 is 4.79 Å². The van der Waals surface area contributed by atoms with E-state index < -0.39 is 0 Å². The van der Waals surface area contributed by atoms with E-state index in [2.05, 4.69) is 0 Å². The molecule has 1 aromatic carbocycles. The minimum atomic E-state index is 0.252. The lowest BCUT2D eigenvalue weighted by Crippen LogP contribution is -2.44. The number of carbonyl (C=O) groups is 1. The van der Waals surface area contributed by atoms with Crippen LogP contribution in [0.1, 0.15) is 32.1 Å². The smallest absolute Gasteiger partial charge is 0.237 e. The molecule has 1 fully saturated rings. The summed E-state index contributed by atoms with van der Waals surface area (Å²) in [5.74, 6) is 0.797. The van der Waals surface area contributed by atoms with Gasteiger partial charge in [0.15, 0.2) is 0 Å². The molecule has 2 nitrogen and oxygen atoms in total. The number of thioether (sulfide) groups is 1. The van der Waals surface area contributed by atoms with Crippen molar-refractivity contribution in [2.45, 2.75) is 43.0 Å². The van der Waals surface area contributed by atoms with E-state index in [4.69, 9.17) is 11.6 Å². The maximum Gasteiger partial charge on any atom is 0.237 e. The van der Waals surface area contributed by atoms with Crippen molar-refractivity contribution in [1.82, 2.24) is 0 Å². The fourth-order valence-electron chi connectivity index (χ4n) is 2.89. The van der Waals surface area contributed by atoms with Gasteiger partial charge < -0.3 is 4.90 Å². The first-order valence-electron chi connectivity index (χ1n) is 6.50. The van der Waals surface area contributed by atoms with E-state index >= 15 is 0 Å². The molecule has 18 heavy (non-hydrogen) atoms. The molecular weight excluding hydrogens is 266 g/mol. The molecule has 0 N–H and O–H groups in total. The summed E-state index contributed by atoms with van der Waals surface area (Å²) in [5.41, 5.74) is 1.06. The van der Waals surface area contributed by atoms with Crippen molar-refractivity contribution in [2.24, 2.45) is 0 Å². The number of hydrogen-bond acceptors (Lipinski definition) is 2. The second kappa shape index (κ2) is 5.14. The van der Waals surface area contributed by atoms with Crippen LogP contribution in [0.2, 0.25) is 5.02 Å². The fraction of sp³-hybridized carbons (Fsp3) is 0.500. The maximum atomic E-state index is 12.2. The molecule has 1 amide bonds. The van der Waals surface area contributed by atoms with E-state index in [-0.39, 0.29) is 5.91 Å². The van der Waals surface area contributed by atoms with Crippen LogP contribution >= 0.6 is 23.4 Å². The average molecular weight is 282 g/mol. The third kappa shape index (κ3) is 2.26. The molecule has 0 saturated heterocycles. The van der Waals surface area contributed by atoms with Gasteiger partial charge in [-0.1, -0.05) is 30.9 Å². The van der Waals surface area contributed by atoms with E-state index in [1.54, 1.807) is 11.8 Å². The molecule has 0 spiro atoms. The highest BCUT2D eigenvalue weighted by Gasteiger charge is 2.31. The molecule has 0 unspecified atom stereocenters. The van der Waals surface area contributed by atoms with Crippen LogP contribution in [0.15, 0.2) is 23.1 Å². The van der Waals surface area contributed by atoms with E-state index in [9.17, 15) is 4.79 Å². The minimum absolute atomic E-state index is 0.252. The third-order valence-electron chi connectivity index (χ3n) is 3.74. The molecule has 1 aliphatic heterocycles. The van der Waals surface area contributed by atoms with Crippen LogP contribution in [-0.2, 0) is 4.79 Å². The lowest BCUT2D eigenvalue weighted by Gasteiger charge is -2.37. The fourth-order valence-corrected chi connectivity index (χ4v) is 4.06. The van der Waals surface area contributed by atoms with Crippen molar-refractivity contribution in [1.29, 1.82) is 0 Å². The molecule has 96 valence electrons. The van der Waals surface area contributed by atoms with Gasteiger partial charge in [-0.25, -0.2) is 0 Å². The summed E-state index contributed by atoms with van der Waals surface area (Å²) in [4.78, 5) is 15.4. The molecule has 1 aromatic rings. The SMILES string of the molecule is O=C1CSc2cc(Cl)ccc2N1C1CCCCC1. The van der Waals surface area contributed by atoms with Gasteiger partial charge in [-0.2, -0.15) is 0 Å². The predicted octanol–water partition coefficient (Wildman–Crippen LogP) is 4.11. The lowest BCUT2D eigenvalue weighted by atomic mass is 9.93. The summed E-state index contributed by atoms with van der Waals surface area (Å²) in [6.07, 6.45) is 6.06. The Morgan fingerprint density at radius 3 is 2.78 bits per heavy atom. The number of rotatable bonds is 1. The number of halogens is 1. The molecule has 1 saturated carbocycles. The molecule has 4 heteroatoms. The monoisotopic (exact) mass is 281 g/mol. The van der Waals surface area contributed by atoms with Crippen LogP contribution in [0.3, 0.4) is 0 Å². The standard InChI is InChI=1S/C14H16ClNOS/c15-10-6-7-12-13(8-10)18-9-14(17)16(12)11-4-2-1-3-5-11/h6-8,11H,1-5,9H2. The Bertz CT molecular complexity index is 471. The predicted molar refractivity (Wildman–Crippen MR) is 76.5 cm³/mol. The number of benzene rings is 1. The number of fused-ring (bicyclic) bond motifs is 1. The summed E-state index contributed by atoms with van der Waals surface area (Å²) in [6.45, 7) is 0. The van der Waals surface area contributed by atoms with Crippen LogP contribution in [-0.4, -0.2) is 17.7 Å². The van der Waals surface area contributed by atoms with Gasteiger partial charge in [0.1, 0.15) is 0 Å². The van der Waals surface area contributed by atoms with Gasteiger partial charge >= 0.3 is 0 Å². The zero-order chi connectivity index (χ0) is 12.5. The number of nitrogens with zero attached hydrogens (tertiary/aromatic N) is 1. The molecule has 1 aliphatic carbocycles. The molecule has 0 radical (unpaired) electrons. The van der Waals surface area contributed by atoms with Crippen LogP contribution < -0.4 is 4.90 Å². The molecule has 0 atom stereocenters. The van der Waals surface area contributed by atoms with Crippen molar-refractivity contribution in [3.63, 3.8) is 0 Å². The summed E-state index contributed by atoms with van der Waals surface area (Å²) in [7, 11) is 0. The Balaban J connectivity index is 1.95. The molecule has 0 bridgehead atoms. The molecule has 0 aromatic heterocycles. The highest BCUT2D eigenvalue weighted by molar-refractivity contribution is 8.00. The van der Waals surface area contributed by atoms with E-state index in [0.717, 1.165) is 28.4 Å². The summed E-state index contributed by atoms with van der Waals surface area (Å²) in [6, 6.07) is 6.25. The zero-order valence-corrected chi connectivity index (χ0v) is 11.8. The van der Waals surface area contributed by atoms with Crippen LogP contribution in [0.25, 0.3) is 0 Å². The quantitative estimate of drug-likeness (QED) is 0.772. The second-order valence-corrected chi connectivity index (χ2v) is 6.41. The highest BCUT2D eigenvalue weighted by atomic mass is 35.5. The van der Waals surface area contributed by atoms with Crippen LogP contribution in [0, 0.1) is 0 Å². The highest BCUT2D eigenvalue weighted by Crippen LogP contribution is 2.40. The number of amides is 1. The van der Waals surface area contributed by atoms with Gasteiger partial charge in [0.05, 0.1) is 11.4 Å². The Hall–Kier alpha value is -0.670. The van der Waals surface area contributed by atoms with Gasteiger partial charge in [0, 0.05) is 16.0 Å². The Morgan fingerprint density at radius 2 is 2.00 bits per heavy atom. The molecule has 1 heterocycles. The van der Waals surface area contributed by atoms with Crippen molar-refractivity contribution in [3.05, 3.63) is 23.2 Å². The zero-order valence-electron chi connectivity index (χ0n) is 10.2. The Morgan fingerprint density at radius 1 is 1.22 bits per heavy atom. The van der Waals surface area contributed by atoms with Gasteiger partial charge in [-0.15, -0.1) is 11.8 Å². The number of anilines is 1. The Labute approximate surface area is 117 Å². The van der Waals surface area contributed by atoms with Crippen molar-refractivity contribution in [3.8, 4) is 0 Å². The average Bonchev–Trinajstić information content (AvgIpc) is 2.40. The van der Waals surface area contributed by atoms with Crippen molar-refractivity contribution in [2.75, 3.05) is 10.7 Å². The topological polar surface area (TPSA) is 20.3 Å². The number of carbonyl (C=O) groups excluding carboxylic acids is 1. The summed E-state index contributed by atoms with van der Waals surface area (Å²) < 4.78 is 0. The first-order valence-corrected chi connectivity index (χ1v) is 7.86. The van der Waals surface area contributed by atoms with Gasteiger partial charge in [0.25, 0.3) is 0 Å². The van der Waals surface area contributed by atoms with Crippen LogP contribution in [0.5, 0.6) is 0 Å². The molecular formula is C14H16ClNOS. The second-order valence-electron chi connectivity index (χ2n) is 4.96. The maximum absolute atomic E-state index is 12.2. The third-order valence-corrected chi connectivity index (χ3v) is 5.01. The van der Waals surface area contributed by atoms with Crippen molar-refractivity contribution >= 4 is 35.0 Å².